The molecule has 0 aliphatic carbocycles. The lowest BCUT2D eigenvalue weighted by molar-refractivity contribution is 0.187. The van der Waals surface area contributed by atoms with Gasteiger partial charge in [0.25, 0.3) is 0 Å². The van der Waals surface area contributed by atoms with Crippen LogP contribution in [0.15, 0.2) is 24.3 Å². The summed E-state index contributed by atoms with van der Waals surface area (Å²) in [6.45, 7) is 2.25. The minimum atomic E-state index is -0.448. The summed E-state index contributed by atoms with van der Waals surface area (Å²) < 4.78 is 4.58. The summed E-state index contributed by atoms with van der Waals surface area (Å²) in [5, 5.41) is 6.18. The van der Waals surface area contributed by atoms with Crippen molar-refractivity contribution in [3.8, 4) is 0 Å². The molecular weight excluding hydrogens is 242 g/mol. The number of ether oxygens (including phenoxy) is 1. The lowest BCUT2D eigenvalue weighted by atomic mass is 10.1. The van der Waals surface area contributed by atoms with E-state index in [0.29, 0.717) is 6.04 Å². The Bertz CT molecular complexity index is 428. The van der Waals surface area contributed by atoms with E-state index in [2.05, 4.69) is 27.3 Å². The molecule has 19 heavy (non-hydrogen) atoms. The number of anilines is 2. The quantitative estimate of drug-likeness (QED) is 0.879. The van der Waals surface area contributed by atoms with Crippen LogP contribution in [0.25, 0.3) is 0 Å². The van der Waals surface area contributed by atoms with Gasteiger partial charge in [0, 0.05) is 17.4 Å². The van der Waals surface area contributed by atoms with E-state index in [0.717, 1.165) is 37.3 Å². The Morgan fingerprint density at radius 3 is 2.68 bits per heavy atom. The molecule has 1 aliphatic heterocycles. The van der Waals surface area contributed by atoms with Crippen LogP contribution in [0.5, 0.6) is 0 Å². The number of benzene rings is 1. The fraction of sp³-hybridized carbons (Fsp3) is 0.500. The average molecular weight is 263 g/mol. The fourth-order valence-corrected chi connectivity index (χ4v) is 2.24. The number of amides is 1. The first kappa shape index (κ1) is 13.7. The van der Waals surface area contributed by atoms with Gasteiger partial charge in [0.15, 0.2) is 0 Å². The summed E-state index contributed by atoms with van der Waals surface area (Å²) in [5.41, 5.74) is 1.77. The number of hydrogen-bond acceptors (Lipinski definition) is 4. The summed E-state index contributed by atoms with van der Waals surface area (Å²) >= 11 is 0. The minimum Gasteiger partial charge on any atom is -0.453 e. The van der Waals surface area contributed by atoms with E-state index in [1.807, 2.05) is 24.3 Å². The SMILES string of the molecule is COC(=O)Nc1cccc(NC2CCN(C)CC2)c1. The first-order valence-electron chi connectivity index (χ1n) is 6.57. The van der Waals surface area contributed by atoms with Crippen LogP contribution in [0.3, 0.4) is 0 Å². The van der Waals surface area contributed by atoms with Gasteiger partial charge in [-0.2, -0.15) is 0 Å². The van der Waals surface area contributed by atoms with Crippen molar-refractivity contribution in [3.63, 3.8) is 0 Å². The number of methoxy groups -OCH3 is 1. The predicted molar refractivity (Wildman–Crippen MR) is 76.6 cm³/mol. The molecule has 0 bridgehead atoms. The van der Waals surface area contributed by atoms with Gasteiger partial charge >= 0.3 is 6.09 Å². The lowest BCUT2D eigenvalue weighted by Crippen LogP contribution is -2.36. The number of carbonyl (C=O) groups is 1. The Balaban J connectivity index is 1.93. The standard InChI is InChI=1S/C14H21N3O2/c1-17-8-6-11(7-9-17)15-12-4-3-5-13(10-12)16-14(18)19-2/h3-5,10-11,15H,6-9H2,1-2H3,(H,16,18). The maximum Gasteiger partial charge on any atom is 0.411 e. The molecule has 1 heterocycles. The summed E-state index contributed by atoms with van der Waals surface area (Å²) in [4.78, 5) is 13.5. The molecule has 104 valence electrons. The monoisotopic (exact) mass is 263 g/mol. The van der Waals surface area contributed by atoms with E-state index in [1.165, 1.54) is 7.11 Å². The maximum absolute atomic E-state index is 11.2. The van der Waals surface area contributed by atoms with Crippen LogP contribution < -0.4 is 10.6 Å². The number of hydrogen-bond donors (Lipinski definition) is 2. The second-order valence-corrected chi connectivity index (χ2v) is 4.92. The number of rotatable bonds is 3. The van der Waals surface area contributed by atoms with Crippen LogP contribution in [0.1, 0.15) is 12.8 Å². The van der Waals surface area contributed by atoms with Gasteiger partial charge in [-0.3, -0.25) is 5.32 Å². The predicted octanol–water partition coefficient (Wildman–Crippen LogP) is 2.37. The first-order chi connectivity index (χ1) is 9.17. The van der Waals surface area contributed by atoms with Gasteiger partial charge in [-0.05, 0) is 51.2 Å². The number of piperidine rings is 1. The van der Waals surface area contributed by atoms with E-state index in [9.17, 15) is 4.79 Å². The van der Waals surface area contributed by atoms with Crippen LogP contribution in [0.2, 0.25) is 0 Å². The molecule has 2 N–H and O–H groups in total. The highest BCUT2D eigenvalue weighted by Gasteiger charge is 2.16. The van der Waals surface area contributed by atoms with E-state index in [4.69, 9.17) is 0 Å². The normalized spacial score (nSPS) is 16.9. The molecule has 1 aromatic carbocycles. The van der Waals surface area contributed by atoms with Gasteiger partial charge in [0.2, 0.25) is 0 Å². The zero-order valence-electron chi connectivity index (χ0n) is 11.5. The van der Waals surface area contributed by atoms with Crippen LogP contribution in [0.4, 0.5) is 16.2 Å². The third-order valence-electron chi connectivity index (χ3n) is 3.38. The largest absolute Gasteiger partial charge is 0.453 e. The highest BCUT2D eigenvalue weighted by molar-refractivity contribution is 5.85. The molecule has 1 amide bonds. The van der Waals surface area contributed by atoms with Crippen molar-refractivity contribution in [2.24, 2.45) is 0 Å². The topological polar surface area (TPSA) is 53.6 Å². The Morgan fingerprint density at radius 2 is 2.00 bits per heavy atom. The van der Waals surface area contributed by atoms with Gasteiger partial charge in [0.05, 0.1) is 7.11 Å². The third-order valence-corrected chi connectivity index (χ3v) is 3.38. The Hall–Kier alpha value is -1.75. The number of carbonyl (C=O) groups excluding carboxylic acids is 1. The minimum absolute atomic E-state index is 0.448. The van der Waals surface area contributed by atoms with Gasteiger partial charge in [0.1, 0.15) is 0 Å². The molecule has 0 saturated carbocycles. The lowest BCUT2D eigenvalue weighted by Gasteiger charge is -2.30. The van der Waals surface area contributed by atoms with Crippen LogP contribution >= 0.6 is 0 Å². The molecule has 1 saturated heterocycles. The molecule has 0 radical (unpaired) electrons. The Labute approximate surface area is 113 Å². The highest BCUT2D eigenvalue weighted by Crippen LogP contribution is 2.19. The van der Waals surface area contributed by atoms with E-state index < -0.39 is 6.09 Å². The molecule has 5 nitrogen and oxygen atoms in total. The second-order valence-electron chi connectivity index (χ2n) is 4.92. The van der Waals surface area contributed by atoms with Gasteiger partial charge in [-0.15, -0.1) is 0 Å². The molecule has 0 unspecified atom stereocenters. The molecule has 1 aliphatic rings. The highest BCUT2D eigenvalue weighted by atomic mass is 16.5. The fourth-order valence-electron chi connectivity index (χ4n) is 2.24. The van der Waals surface area contributed by atoms with Crippen LogP contribution in [0, 0.1) is 0 Å². The maximum atomic E-state index is 11.2. The van der Waals surface area contributed by atoms with Crippen molar-refractivity contribution in [1.29, 1.82) is 0 Å². The molecule has 0 spiro atoms. The Kier molecular flexibility index (Phi) is 4.63. The van der Waals surface area contributed by atoms with Gasteiger partial charge in [-0.1, -0.05) is 6.07 Å². The van der Waals surface area contributed by atoms with Gasteiger partial charge < -0.3 is 15.0 Å². The average Bonchev–Trinajstić information content (AvgIpc) is 2.42. The summed E-state index contributed by atoms with van der Waals surface area (Å²) in [6.07, 6.45) is 1.84. The van der Waals surface area contributed by atoms with Crippen molar-refractivity contribution in [1.82, 2.24) is 4.90 Å². The summed E-state index contributed by atoms with van der Waals surface area (Å²) in [7, 11) is 3.51. The molecule has 2 rings (SSSR count). The van der Waals surface area contributed by atoms with Crippen molar-refractivity contribution in [2.75, 3.05) is 37.9 Å². The van der Waals surface area contributed by atoms with E-state index in [-0.39, 0.29) is 0 Å². The smallest absolute Gasteiger partial charge is 0.411 e. The molecule has 0 atom stereocenters. The number of likely N-dealkylation sites (tertiary alicyclic amines) is 1. The molecule has 5 heteroatoms. The molecule has 0 aromatic heterocycles. The zero-order valence-corrected chi connectivity index (χ0v) is 11.5. The first-order valence-corrected chi connectivity index (χ1v) is 6.57. The van der Waals surface area contributed by atoms with Gasteiger partial charge in [-0.25, -0.2) is 4.79 Å². The van der Waals surface area contributed by atoms with Crippen LogP contribution in [-0.4, -0.2) is 44.3 Å². The second kappa shape index (κ2) is 6.43. The van der Waals surface area contributed by atoms with E-state index in [1.54, 1.807) is 0 Å². The molecule has 1 aromatic rings. The number of nitrogens with zero attached hydrogens (tertiary/aromatic N) is 1. The molecule has 1 fully saturated rings. The van der Waals surface area contributed by atoms with Crippen molar-refractivity contribution in [3.05, 3.63) is 24.3 Å². The zero-order chi connectivity index (χ0) is 13.7. The van der Waals surface area contributed by atoms with Crippen molar-refractivity contribution < 1.29 is 9.53 Å². The number of nitrogens with one attached hydrogen (secondary N) is 2. The summed E-state index contributed by atoms with van der Waals surface area (Å²) in [6, 6.07) is 8.21. The summed E-state index contributed by atoms with van der Waals surface area (Å²) in [5.74, 6) is 0. The Morgan fingerprint density at radius 1 is 1.32 bits per heavy atom. The van der Waals surface area contributed by atoms with Crippen LogP contribution in [-0.2, 0) is 4.74 Å². The third kappa shape index (κ3) is 4.13. The van der Waals surface area contributed by atoms with Crippen molar-refractivity contribution >= 4 is 17.5 Å². The molecular formula is C14H21N3O2. The van der Waals surface area contributed by atoms with Crippen molar-refractivity contribution in [2.45, 2.75) is 18.9 Å². The van der Waals surface area contributed by atoms with E-state index >= 15 is 0 Å².